The standard InChI is InChI=1S/C10H16O4S/c1-2-14-10(12)7-15-6-9(11)8-3-4-13-5-8/h8H,2-7H2,1H3. The molecule has 1 fully saturated rings. The highest BCUT2D eigenvalue weighted by Crippen LogP contribution is 2.16. The van der Waals surface area contributed by atoms with E-state index in [0.717, 1.165) is 6.42 Å². The first-order valence-electron chi connectivity index (χ1n) is 5.08. The molecule has 0 aromatic rings. The summed E-state index contributed by atoms with van der Waals surface area (Å²) in [7, 11) is 0. The van der Waals surface area contributed by atoms with Gasteiger partial charge in [0.25, 0.3) is 0 Å². The van der Waals surface area contributed by atoms with E-state index in [2.05, 4.69) is 0 Å². The molecule has 4 nitrogen and oxygen atoms in total. The van der Waals surface area contributed by atoms with E-state index in [1.807, 2.05) is 0 Å². The summed E-state index contributed by atoms with van der Waals surface area (Å²) < 4.78 is 9.88. The molecule has 1 aliphatic heterocycles. The van der Waals surface area contributed by atoms with E-state index >= 15 is 0 Å². The number of ketones is 1. The van der Waals surface area contributed by atoms with Gasteiger partial charge in [0.1, 0.15) is 5.78 Å². The first-order chi connectivity index (χ1) is 7.24. The predicted molar refractivity (Wildman–Crippen MR) is 57.9 cm³/mol. The Morgan fingerprint density at radius 1 is 1.47 bits per heavy atom. The van der Waals surface area contributed by atoms with Crippen molar-refractivity contribution in [3.8, 4) is 0 Å². The largest absolute Gasteiger partial charge is 0.465 e. The van der Waals surface area contributed by atoms with Crippen LogP contribution < -0.4 is 0 Å². The Morgan fingerprint density at radius 3 is 2.87 bits per heavy atom. The van der Waals surface area contributed by atoms with Crippen LogP contribution >= 0.6 is 11.8 Å². The molecular weight excluding hydrogens is 216 g/mol. The second-order valence-electron chi connectivity index (χ2n) is 3.32. The zero-order chi connectivity index (χ0) is 11.1. The molecule has 0 aliphatic carbocycles. The van der Waals surface area contributed by atoms with Gasteiger partial charge in [-0.3, -0.25) is 9.59 Å². The van der Waals surface area contributed by atoms with Crippen molar-refractivity contribution in [3.05, 3.63) is 0 Å². The van der Waals surface area contributed by atoms with Crippen LogP contribution in [0.15, 0.2) is 0 Å². The van der Waals surface area contributed by atoms with E-state index in [9.17, 15) is 9.59 Å². The number of ether oxygens (including phenoxy) is 2. The first kappa shape index (κ1) is 12.5. The van der Waals surface area contributed by atoms with Crippen molar-refractivity contribution in [2.75, 3.05) is 31.3 Å². The van der Waals surface area contributed by atoms with Crippen LogP contribution in [0.1, 0.15) is 13.3 Å². The van der Waals surface area contributed by atoms with Crippen LogP contribution in [-0.2, 0) is 19.1 Å². The fourth-order valence-corrected chi connectivity index (χ4v) is 2.13. The minimum atomic E-state index is -0.252. The average molecular weight is 232 g/mol. The molecular formula is C10H16O4S. The maximum Gasteiger partial charge on any atom is 0.315 e. The highest BCUT2D eigenvalue weighted by Gasteiger charge is 2.23. The summed E-state index contributed by atoms with van der Waals surface area (Å²) in [5.74, 6) is 0.611. The number of hydrogen-bond donors (Lipinski definition) is 0. The topological polar surface area (TPSA) is 52.6 Å². The van der Waals surface area contributed by atoms with Crippen molar-refractivity contribution in [3.63, 3.8) is 0 Å². The van der Waals surface area contributed by atoms with Crippen LogP contribution in [0.4, 0.5) is 0 Å². The third kappa shape index (κ3) is 4.66. The lowest BCUT2D eigenvalue weighted by Crippen LogP contribution is -2.18. The van der Waals surface area contributed by atoms with Crippen molar-refractivity contribution in [1.82, 2.24) is 0 Å². The number of rotatable bonds is 6. The summed E-state index contributed by atoms with van der Waals surface area (Å²) in [5.41, 5.74) is 0. The molecule has 0 radical (unpaired) electrons. The third-order valence-corrected chi connectivity index (χ3v) is 3.08. The van der Waals surface area contributed by atoms with Gasteiger partial charge in [0.15, 0.2) is 0 Å². The molecule has 0 spiro atoms. The van der Waals surface area contributed by atoms with Crippen LogP contribution in [0, 0.1) is 5.92 Å². The second-order valence-corrected chi connectivity index (χ2v) is 4.31. The Labute approximate surface area is 93.7 Å². The molecule has 1 atom stereocenters. The number of Topliss-reactive ketones (excluding diaryl/α,β-unsaturated/α-hetero) is 1. The summed E-state index contributed by atoms with van der Waals surface area (Å²) in [4.78, 5) is 22.5. The normalized spacial score (nSPS) is 20.2. The van der Waals surface area contributed by atoms with Crippen molar-refractivity contribution >= 4 is 23.5 Å². The van der Waals surface area contributed by atoms with Crippen LogP contribution in [0.25, 0.3) is 0 Å². The van der Waals surface area contributed by atoms with Crippen molar-refractivity contribution in [2.24, 2.45) is 5.92 Å². The number of hydrogen-bond acceptors (Lipinski definition) is 5. The molecule has 1 aliphatic rings. The predicted octanol–water partition coefficient (Wildman–Crippen LogP) is 0.888. The quantitative estimate of drug-likeness (QED) is 0.636. The molecule has 0 bridgehead atoms. The molecule has 0 amide bonds. The second kappa shape index (κ2) is 6.85. The molecule has 0 saturated carbocycles. The fraction of sp³-hybridized carbons (Fsp3) is 0.800. The minimum Gasteiger partial charge on any atom is -0.465 e. The SMILES string of the molecule is CCOC(=O)CSCC(=O)C1CCOC1. The minimum absolute atomic E-state index is 0.0414. The van der Waals surface area contributed by atoms with Gasteiger partial charge < -0.3 is 9.47 Å². The number of carbonyl (C=O) groups is 2. The van der Waals surface area contributed by atoms with Crippen molar-refractivity contribution in [1.29, 1.82) is 0 Å². The zero-order valence-electron chi connectivity index (χ0n) is 8.86. The van der Waals surface area contributed by atoms with Crippen LogP contribution in [0.5, 0.6) is 0 Å². The molecule has 1 rings (SSSR count). The average Bonchev–Trinajstić information content (AvgIpc) is 2.70. The van der Waals surface area contributed by atoms with Crippen LogP contribution in [-0.4, -0.2) is 43.1 Å². The van der Waals surface area contributed by atoms with E-state index in [1.54, 1.807) is 6.92 Å². The van der Waals surface area contributed by atoms with Gasteiger partial charge >= 0.3 is 5.97 Å². The van der Waals surface area contributed by atoms with Crippen molar-refractivity contribution in [2.45, 2.75) is 13.3 Å². The Morgan fingerprint density at radius 2 is 2.27 bits per heavy atom. The van der Waals surface area contributed by atoms with Gasteiger partial charge in [-0.25, -0.2) is 0 Å². The lowest BCUT2D eigenvalue weighted by molar-refractivity contribution is -0.139. The Balaban J connectivity index is 2.08. The molecule has 1 heterocycles. The van der Waals surface area contributed by atoms with E-state index in [4.69, 9.17) is 9.47 Å². The van der Waals surface area contributed by atoms with Gasteiger partial charge in [0.05, 0.1) is 24.7 Å². The van der Waals surface area contributed by atoms with Gasteiger partial charge in [-0.1, -0.05) is 0 Å². The maximum atomic E-state index is 11.5. The molecule has 0 aromatic heterocycles. The summed E-state index contributed by atoms with van der Waals surface area (Å²) in [6.07, 6.45) is 0.818. The van der Waals surface area contributed by atoms with Gasteiger partial charge in [0, 0.05) is 12.5 Å². The maximum absolute atomic E-state index is 11.5. The molecule has 1 unspecified atom stereocenters. The summed E-state index contributed by atoms with van der Waals surface area (Å²) in [5, 5.41) is 0. The summed E-state index contributed by atoms with van der Waals surface area (Å²) >= 11 is 1.32. The van der Waals surface area contributed by atoms with Crippen LogP contribution in [0.2, 0.25) is 0 Å². The first-order valence-corrected chi connectivity index (χ1v) is 6.23. The van der Waals surface area contributed by atoms with Gasteiger partial charge in [-0.15, -0.1) is 11.8 Å². The molecule has 0 aromatic carbocycles. The Hall–Kier alpha value is -0.550. The van der Waals surface area contributed by atoms with Gasteiger partial charge in [-0.2, -0.15) is 0 Å². The van der Waals surface area contributed by atoms with E-state index in [0.29, 0.717) is 25.6 Å². The fourth-order valence-electron chi connectivity index (χ4n) is 1.34. The van der Waals surface area contributed by atoms with Crippen LogP contribution in [0.3, 0.4) is 0 Å². The highest BCUT2D eigenvalue weighted by atomic mass is 32.2. The molecule has 1 saturated heterocycles. The van der Waals surface area contributed by atoms with E-state index < -0.39 is 0 Å². The van der Waals surface area contributed by atoms with E-state index in [1.165, 1.54) is 11.8 Å². The Bertz CT molecular complexity index is 223. The van der Waals surface area contributed by atoms with Crippen molar-refractivity contribution < 1.29 is 19.1 Å². The molecule has 0 N–H and O–H groups in total. The summed E-state index contributed by atoms with van der Waals surface area (Å²) in [6.45, 7) is 3.38. The lowest BCUT2D eigenvalue weighted by atomic mass is 10.1. The number of esters is 1. The summed E-state index contributed by atoms with van der Waals surface area (Å²) in [6, 6.07) is 0. The molecule has 5 heteroatoms. The monoisotopic (exact) mass is 232 g/mol. The Kier molecular flexibility index (Phi) is 5.71. The highest BCUT2D eigenvalue weighted by molar-refractivity contribution is 8.00. The molecule has 86 valence electrons. The third-order valence-electron chi connectivity index (χ3n) is 2.15. The number of thioether (sulfide) groups is 1. The lowest BCUT2D eigenvalue weighted by Gasteiger charge is -2.05. The zero-order valence-corrected chi connectivity index (χ0v) is 9.68. The van der Waals surface area contributed by atoms with Gasteiger partial charge in [-0.05, 0) is 13.3 Å². The van der Waals surface area contributed by atoms with E-state index in [-0.39, 0.29) is 23.4 Å². The van der Waals surface area contributed by atoms with Gasteiger partial charge in [0.2, 0.25) is 0 Å². The molecule has 15 heavy (non-hydrogen) atoms. The smallest absolute Gasteiger partial charge is 0.315 e. The number of carbonyl (C=O) groups excluding carboxylic acids is 2.